The third-order valence-corrected chi connectivity index (χ3v) is 2.08. The number of nitrogens with zero attached hydrogens (tertiary/aromatic N) is 1. The van der Waals surface area contributed by atoms with Gasteiger partial charge in [-0.25, -0.2) is 0 Å². The van der Waals surface area contributed by atoms with E-state index in [0.717, 1.165) is 17.3 Å². The zero-order chi connectivity index (χ0) is 8.55. The fourth-order valence-corrected chi connectivity index (χ4v) is 1.47. The van der Waals surface area contributed by atoms with Crippen molar-refractivity contribution < 1.29 is 0 Å². The van der Waals surface area contributed by atoms with Crippen molar-refractivity contribution in [2.45, 2.75) is 13.3 Å². The molecule has 3 N–H and O–H groups in total. The second-order valence-corrected chi connectivity index (χ2v) is 2.80. The second-order valence-electron chi connectivity index (χ2n) is 2.80. The van der Waals surface area contributed by atoms with Gasteiger partial charge in [0.25, 0.3) is 0 Å². The van der Waals surface area contributed by atoms with Crippen LogP contribution in [0.25, 0.3) is 10.9 Å². The van der Waals surface area contributed by atoms with Crippen molar-refractivity contribution in [3.8, 4) is 0 Å². The summed E-state index contributed by atoms with van der Waals surface area (Å²) in [7, 11) is 0. The highest BCUT2D eigenvalue weighted by Crippen LogP contribution is 2.22. The van der Waals surface area contributed by atoms with E-state index in [1.165, 1.54) is 5.56 Å². The predicted molar refractivity (Wildman–Crippen MR) is 49.9 cm³/mol. The molecule has 2 aromatic rings. The molecule has 1 aromatic carbocycles. The minimum atomic E-state index is 0.599. The Morgan fingerprint density at radius 2 is 2.33 bits per heavy atom. The van der Waals surface area contributed by atoms with Gasteiger partial charge in [-0.15, -0.1) is 0 Å². The smallest absolute Gasteiger partial charge is 0.153 e. The van der Waals surface area contributed by atoms with Gasteiger partial charge in [-0.05, 0) is 18.1 Å². The second kappa shape index (κ2) is 2.52. The molecule has 0 fully saturated rings. The van der Waals surface area contributed by atoms with Gasteiger partial charge in [0, 0.05) is 5.39 Å². The van der Waals surface area contributed by atoms with Crippen LogP contribution in [0.15, 0.2) is 18.2 Å². The Morgan fingerprint density at radius 3 is 3.08 bits per heavy atom. The molecule has 0 saturated carbocycles. The first-order valence-corrected chi connectivity index (χ1v) is 4.04. The molecule has 0 saturated heterocycles. The van der Waals surface area contributed by atoms with Crippen molar-refractivity contribution in [1.29, 1.82) is 0 Å². The Bertz CT molecular complexity index is 403. The number of hydrogen-bond donors (Lipinski definition) is 2. The summed E-state index contributed by atoms with van der Waals surface area (Å²) < 4.78 is 0. The minimum absolute atomic E-state index is 0.599. The molecule has 0 aliphatic carbocycles. The van der Waals surface area contributed by atoms with Crippen LogP contribution >= 0.6 is 0 Å². The number of nitrogen functional groups attached to an aromatic ring is 1. The number of aromatic nitrogens is 2. The summed E-state index contributed by atoms with van der Waals surface area (Å²) in [5.41, 5.74) is 7.98. The quantitative estimate of drug-likeness (QED) is 0.669. The zero-order valence-corrected chi connectivity index (χ0v) is 6.96. The molecule has 0 aliphatic heterocycles. The monoisotopic (exact) mass is 161 g/mol. The van der Waals surface area contributed by atoms with E-state index < -0.39 is 0 Å². The minimum Gasteiger partial charge on any atom is -0.382 e. The largest absolute Gasteiger partial charge is 0.382 e. The number of nitrogens with one attached hydrogen (secondary N) is 1. The average Bonchev–Trinajstić information content (AvgIpc) is 2.48. The molecule has 0 atom stereocenters. The molecular weight excluding hydrogens is 150 g/mol. The van der Waals surface area contributed by atoms with Crippen molar-refractivity contribution in [2.24, 2.45) is 0 Å². The number of H-pyrrole nitrogens is 1. The molecule has 0 aliphatic rings. The molecule has 3 heteroatoms. The molecule has 0 spiro atoms. The number of aryl methyl sites for hydroxylation is 1. The maximum Gasteiger partial charge on any atom is 0.153 e. The van der Waals surface area contributed by atoms with E-state index in [9.17, 15) is 0 Å². The number of hydrogen-bond acceptors (Lipinski definition) is 2. The van der Waals surface area contributed by atoms with Gasteiger partial charge in [0.15, 0.2) is 5.82 Å². The van der Waals surface area contributed by atoms with Gasteiger partial charge >= 0.3 is 0 Å². The number of benzene rings is 1. The molecule has 62 valence electrons. The average molecular weight is 161 g/mol. The van der Waals surface area contributed by atoms with Gasteiger partial charge in [-0.2, -0.15) is 5.10 Å². The van der Waals surface area contributed by atoms with Crippen molar-refractivity contribution >= 4 is 16.7 Å². The standard InChI is InChI=1S/C9H11N3/c1-2-6-4-3-5-7-8(6)9(10)12-11-7/h3-5H,2H2,1H3,(H3,10,11,12). The third-order valence-electron chi connectivity index (χ3n) is 2.08. The van der Waals surface area contributed by atoms with Crippen molar-refractivity contribution in [3.63, 3.8) is 0 Å². The number of fused-ring (bicyclic) bond motifs is 1. The highest BCUT2D eigenvalue weighted by Gasteiger charge is 2.04. The van der Waals surface area contributed by atoms with Gasteiger partial charge < -0.3 is 5.73 Å². The van der Waals surface area contributed by atoms with E-state index in [4.69, 9.17) is 5.73 Å². The van der Waals surface area contributed by atoms with Crippen molar-refractivity contribution in [1.82, 2.24) is 10.2 Å². The number of nitrogens with two attached hydrogens (primary N) is 1. The number of anilines is 1. The number of aromatic amines is 1. The van der Waals surface area contributed by atoms with Crippen LogP contribution in [0.5, 0.6) is 0 Å². The van der Waals surface area contributed by atoms with Crippen LogP contribution in [0, 0.1) is 0 Å². The number of rotatable bonds is 1. The van der Waals surface area contributed by atoms with E-state index in [1.54, 1.807) is 0 Å². The maximum atomic E-state index is 5.71. The van der Waals surface area contributed by atoms with Crippen LogP contribution < -0.4 is 5.73 Å². The lowest BCUT2D eigenvalue weighted by Crippen LogP contribution is -1.87. The van der Waals surface area contributed by atoms with E-state index in [1.807, 2.05) is 12.1 Å². The Kier molecular flexibility index (Phi) is 1.50. The Morgan fingerprint density at radius 1 is 1.50 bits per heavy atom. The highest BCUT2D eigenvalue weighted by molar-refractivity contribution is 5.91. The van der Waals surface area contributed by atoms with E-state index in [2.05, 4.69) is 23.2 Å². The van der Waals surface area contributed by atoms with Gasteiger partial charge in [0.1, 0.15) is 0 Å². The first-order chi connectivity index (χ1) is 5.83. The Balaban J connectivity index is 2.84. The highest BCUT2D eigenvalue weighted by atomic mass is 15.1. The zero-order valence-electron chi connectivity index (χ0n) is 6.96. The molecule has 0 unspecified atom stereocenters. The van der Waals surface area contributed by atoms with Crippen LogP contribution in [-0.4, -0.2) is 10.2 Å². The van der Waals surface area contributed by atoms with Gasteiger partial charge in [0.2, 0.25) is 0 Å². The van der Waals surface area contributed by atoms with Crippen LogP contribution in [0.3, 0.4) is 0 Å². The summed E-state index contributed by atoms with van der Waals surface area (Å²) in [6, 6.07) is 6.07. The first kappa shape index (κ1) is 7.16. The van der Waals surface area contributed by atoms with E-state index >= 15 is 0 Å². The van der Waals surface area contributed by atoms with E-state index in [-0.39, 0.29) is 0 Å². The van der Waals surface area contributed by atoms with Crippen molar-refractivity contribution in [2.75, 3.05) is 5.73 Å². The Labute approximate surface area is 70.6 Å². The molecular formula is C9H11N3. The summed E-state index contributed by atoms with van der Waals surface area (Å²) in [4.78, 5) is 0. The van der Waals surface area contributed by atoms with Crippen LogP contribution in [0.2, 0.25) is 0 Å². The summed E-state index contributed by atoms with van der Waals surface area (Å²) in [6.45, 7) is 2.11. The van der Waals surface area contributed by atoms with Crippen LogP contribution in [0.1, 0.15) is 12.5 Å². The van der Waals surface area contributed by atoms with Crippen LogP contribution in [-0.2, 0) is 6.42 Å². The molecule has 0 amide bonds. The Hall–Kier alpha value is -1.51. The SMILES string of the molecule is CCc1cccc2[nH]nc(N)c12. The van der Waals surface area contributed by atoms with Crippen LogP contribution in [0.4, 0.5) is 5.82 Å². The summed E-state index contributed by atoms with van der Waals surface area (Å²) >= 11 is 0. The molecule has 1 aromatic heterocycles. The van der Waals surface area contributed by atoms with Gasteiger partial charge in [-0.3, -0.25) is 5.10 Å². The molecule has 3 nitrogen and oxygen atoms in total. The third kappa shape index (κ3) is 0.863. The van der Waals surface area contributed by atoms with E-state index in [0.29, 0.717) is 5.82 Å². The molecule has 2 rings (SSSR count). The maximum absolute atomic E-state index is 5.71. The lowest BCUT2D eigenvalue weighted by atomic mass is 10.1. The predicted octanol–water partition coefficient (Wildman–Crippen LogP) is 1.71. The fraction of sp³-hybridized carbons (Fsp3) is 0.222. The molecule has 0 radical (unpaired) electrons. The molecule has 1 heterocycles. The summed E-state index contributed by atoms with van der Waals surface area (Å²) in [5, 5.41) is 7.91. The fourth-order valence-electron chi connectivity index (χ4n) is 1.47. The topological polar surface area (TPSA) is 54.7 Å². The van der Waals surface area contributed by atoms with Gasteiger partial charge in [-0.1, -0.05) is 19.1 Å². The molecule has 12 heavy (non-hydrogen) atoms. The summed E-state index contributed by atoms with van der Waals surface area (Å²) in [5.74, 6) is 0.599. The lowest BCUT2D eigenvalue weighted by molar-refractivity contribution is 1.13. The van der Waals surface area contributed by atoms with Crippen molar-refractivity contribution in [3.05, 3.63) is 23.8 Å². The normalized spacial score (nSPS) is 10.8. The molecule has 0 bridgehead atoms. The first-order valence-electron chi connectivity index (χ1n) is 4.04. The summed E-state index contributed by atoms with van der Waals surface area (Å²) in [6.07, 6.45) is 0.987. The lowest BCUT2D eigenvalue weighted by Gasteiger charge is -1.97. The van der Waals surface area contributed by atoms with Gasteiger partial charge in [0.05, 0.1) is 5.52 Å².